The summed E-state index contributed by atoms with van der Waals surface area (Å²) < 4.78 is 7.18. The van der Waals surface area contributed by atoms with Gasteiger partial charge in [0.05, 0.1) is 31.1 Å². The van der Waals surface area contributed by atoms with Crippen LogP contribution in [0.15, 0.2) is 0 Å². The average Bonchev–Trinajstić information content (AvgIpc) is 2.47. The zero-order valence-corrected chi connectivity index (χ0v) is 7.54. The van der Waals surface area contributed by atoms with E-state index in [-0.39, 0.29) is 0 Å². The molecule has 0 N–H and O–H groups in total. The molecule has 2 heterocycles. The van der Waals surface area contributed by atoms with E-state index in [4.69, 9.17) is 4.74 Å². The van der Waals surface area contributed by atoms with E-state index in [1.54, 1.807) is 0 Å². The predicted octanol–water partition coefficient (Wildman–Crippen LogP) is 0.703. The Morgan fingerprint density at radius 3 is 3.36 bits per heavy atom. The van der Waals surface area contributed by atoms with Gasteiger partial charge >= 0.3 is 0 Å². The van der Waals surface area contributed by atoms with Crippen LogP contribution in [0.3, 0.4) is 0 Å². The maximum absolute atomic E-state index is 5.28. The van der Waals surface area contributed by atoms with Gasteiger partial charge in [0, 0.05) is 5.33 Å². The molecule has 4 nitrogen and oxygen atoms in total. The number of alkyl halides is 1. The molecule has 1 aliphatic heterocycles. The Kier molecular flexibility index (Phi) is 1.91. The summed E-state index contributed by atoms with van der Waals surface area (Å²) in [6.07, 6.45) is 0. The maximum Gasteiger partial charge on any atom is 0.0988 e. The average molecular weight is 218 g/mol. The molecule has 0 fully saturated rings. The van der Waals surface area contributed by atoms with Gasteiger partial charge in [-0.25, -0.2) is 4.68 Å². The summed E-state index contributed by atoms with van der Waals surface area (Å²) in [5.41, 5.74) is 2.10. The fourth-order valence-electron chi connectivity index (χ4n) is 1.13. The normalized spacial score (nSPS) is 16.5. The van der Waals surface area contributed by atoms with Gasteiger partial charge in [-0.15, -0.1) is 5.10 Å². The molecule has 0 aromatic carbocycles. The molecule has 0 unspecified atom stereocenters. The molecule has 0 atom stereocenters. The van der Waals surface area contributed by atoms with Gasteiger partial charge in [-0.1, -0.05) is 21.1 Å². The van der Waals surface area contributed by atoms with Crippen molar-refractivity contribution in [2.45, 2.75) is 18.5 Å². The molecule has 0 bridgehead atoms. The number of rotatable bonds is 1. The van der Waals surface area contributed by atoms with E-state index in [1.807, 2.05) is 4.68 Å². The molecule has 60 valence electrons. The SMILES string of the molecule is BrCc1nnn2c1COCC2. The topological polar surface area (TPSA) is 39.9 Å². The lowest BCUT2D eigenvalue weighted by Crippen LogP contribution is -2.17. The lowest BCUT2D eigenvalue weighted by atomic mass is 10.3. The van der Waals surface area contributed by atoms with Crippen molar-refractivity contribution in [3.8, 4) is 0 Å². The van der Waals surface area contributed by atoms with Crippen LogP contribution in [0, 0.1) is 0 Å². The van der Waals surface area contributed by atoms with Crippen molar-refractivity contribution in [2.75, 3.05) is 6.61 Å². The summed E-state index contributed by atoms with van der Waals surface area (Å²) in [5, 5.41) is 8.74. The molecule has 1 aromatic heterocycles. The van der Waals surface area contributed by atoms with Gasteiger partial charge in [0.15, 0.2) is 0 Å². The molecule has 0 saturated heterocycles. The third kappa shape index (κ3) is 1.18. The van der Waals surface area contributed by atoms with Crippen LogP contribution in [0.5, 0.6) is 0 Å². The Balaban J connectivity index is 2.38. The van der Waals surface area contributed by atoms with Crippen LogP contribution in [0.1, 0.15) is 11.4 Å². The fourth-order valence-corrected chi connectivity index (χ4v) is 1.57. The number of hydrogen-bond donors (Lipinski definition) is 0. The van der Waals surface area contributed by atoms with Crippen molar-refractivity contribution < 1.29 is 4.74 Å². The second kappa shape index (κ2) is 2.91. The molecule has 11 heavy (non-hydrogen) atoms. The second-order valence-electron chi connectivity index (χ2n) is 2.39. The number of ether oxygens (including phenoxy) is 1. The van der Waals surface area contributed by atoms with Crippen LogP contribution in [0.4, 0.5) is 0 Å². The van der Waals surface area contributed by atoms with E-state index < -0.39 is 0 Å². The highest BCUT2D eigenvalue weighted by molar-refractivity contribution is 9.08. The van der Waals surface area contributed by atoms with Crippen LogP contribution in [0.2, 0.25) is 0 Å². The number of aromatic nitrogens is 3. The molecule has 2 rings (SSSR count). The molecule has 0 spiro atoms. The zero-order chi connectivity index (χ0) is 7.68. The van der Waals surface area contributed by atoms with E-state index in [2.05, 4.69) is 26.2 Å². The summed E-state index contributed by atoms with van der Waals surface area (Å²) in [6.45, 7) is 2.22. The first kappa shape index (κ1) is 7.24. The fraction of sp³-hybridized carbons (Fsp3) is 0.667. The third-order valence-electron chi connectivity index (χ3n) is 1.73. The Bertz CT molecular complexity index is 247. The Hall–Kier alpha value is -0.420. The molecule has 0 radical (unpaired) electrons. The highest BCUT2D eigenvalue weighted by atomic mass is 79.9. The van der Waals surface area contributed by atoms with E-state index in [1.165, 1.54) is 0 Å². The van der Waals surface area contributed by atoms with E-state index in [9.17, 15) is 0 Å². The van der Waals surface area contributed by atoms with Gasteiger partial charge in [0.1, 0.15) is 0 Å². The summed E-state index contributed by atoms with van der Waals surface area (Å²) in [6, 6.07) is 0. The standard InChI is InChI=1S/C6H8BrN3O/c7-3-5-6-4-11-2-1-10(6)9-8-5/h1-4H2. The van der Waals surface area contributed by atoms with Crippen LogP contribution < -0.4 is 0 Å². The minimum absolute atomic E-state index is 0.647. The number of fused-ring (bicyclic) bond motifs is 1. The Labute approximate surface area is 72.7 Å². The number of nitrogens with zero attached hydrogens (tertiary/aromatic N) is 3. The number of hydrogen-bond acceptors (Lipinski definition) is 3. The van der Waals surface area contributed by atoms with Crippen molar-refractivity contribution in [1.29, 1.82) is 0 Å². The second-order valence-corrected chi connectivity index (χ2v) is 2.95. The van der Waals surface area contributed by atoms with Crippen molar-refractivity contribution in [1.82, 2.24) is 15.0 Å². The van der Waals surface area contributed by atoms with Crippen molar-refractivity contribution >= 4 is 15.9 Å². The summed E-state index contributed by atoms with van der Waals surface area (Å²) in [4.78, 5) is 0. The van der Waals surface area contributed by atoms with Crippen LogP contribution in [-0.4, -0.2) is 21.6 Å². The highest BCUT2D eigenvalue weighted by Crippen LogP contribution is 2.13. The minimum atomic E-state index is 0.647. The smallest absolute Gasteiger partial charge is 0.0988 e. The molecular weight excluding hydrogens is 210 g/mol. The highest BCUT2D eigenvalue weighted by Gasteiger charge is 2.15. The van der Waals surface area contributed by atoms with Crippen molar-refractivity contribution in [2.24, 2.45) is 0 Å². The van der Waals surface area contributed by atoms with E-state index in [0.717, 1.165) is 29.9 Å². The van der Waals surface area contributed by atoms with Gasteiger partial charge in [0.25, 0.3) is 0 Å². The largest absolute Gasteiger partial charge is 0.373 e. The molecule has 1 aromatic rings. The quantitative estimate of drug-likeness (QED) is 0.651. The lowest BCUT2D eigenvalue weighted by molar-refractivity contribution is 0.0793. The van der Waals surface area contributed by atoms with Gasteiger partial charge in [0.2, 0.25) is 0 Å². The molecule has 5 heteroatoms. The lowest BCUT2D eigenvalue weighted by Gasteiger charge is -2.13. The van der Waals surface area contributed by atoms with E-state index >= 15 is 0 Å². The first-order chi connectivity index (χ1) is 5.42. The molecular formula is C6H8BrN3O. The molecule has 1 aliphatic rings. The number of halogens is 1. The monoisotopic (exact) mass is 217 g/mol. The minimum Gasteiger partial charge on any atom is -0.373 e. The van der Waals surface area contributed by atoms with Gasteiger partial charge in [-0.2, -0.15) is 0 Å². The van der Waals surface area contributed by atoms with E-state index in [0.29, 0.717) is 6.61 Å². The summed E-state index contributed by atoms with van der Waals surface area (Å²) in [5.74, 6) is 0. The zero-order valence-electron chi connectivity index (χ0n) is 5.96. The van der Waals surface area contributed by atoms with Crippen LogP contribution >= 0.6 is 15.9 Å². The van der Waals surface area contributed by atoms with Crippen molar-refractivity contribution in [3.63, 3.8) is 0 Å². The van der Waals surface area contributed by atoms with Crippen LogP contribution in [-0.2, 0) is 23.2 Å². The first-order valence-corrected chi connectivity index (χ1v) is 4.59. The summed E-state index contributed by atoms with van der Waals surface area (Å²) >= 11 is 3.34. The predicted molar refractivity (Wildman–Crippen MR) is 42.3 cm³/mol. The maximum atomic E-state index is 5.28. The molecule has 0 amide bonds. The van der Waals surface area contributed by atoms with Gasteiger partial charge < -0.3 is 4.74 Å². The molecule has 0 saturated carbocycles. The summed E-state index contributed by atoms with van der Waals surface area (Å²) in [7, 11) is 0. The van der Waals surface area contributed by atoms with Crippen molar-refractivity contribution in [3.05, 3.63) is 11.4 Å². The Morgan fingerprint density at radius 1 is 1.64 bits per heavy atom. The third-order valence-corrected chi connectivity index (χ3v) is 2.26. The molecule has 0 aliphatic carbocycles. The van der Waals surface area contributed by atoms with Gasteiger partial charge in [-0.3, -0.25) is 0 Å². The van der Waals surface area contributed by atoms with Crippen LogP contribution in [0.25, 0.3) is 0 Å². The Morgan fingerprint density at radius 2 is 2.55 bits per heavy atom. The van der Waals surface area contributed by atoms with Gasteiger partial charge in [-0.05, 0) is 0 Å². The first-order valence-electron chi connectivity index (χ1n) is 3.47.